The van der Waals surface area contributed by atoms with Gasteiger partial charge < -0.3 is 0 Å². The van der Waals surface area contributed by atoms with Crippen LogP contribution >= 0.6 is 23.1 Å². The lowest BCUT2D eigenvalue weighted by Crippen LogP contribution is -1.66. The van der Waals surface area contributed by atoms with Crippen LogP contribution in [0.2, 0.25) is 0 Å². The molecule has 0 aliphatic carbocycles. The molecule has 0 aromatic carbocycles. The van der Waals surface area contributed by atoms with Gasteiger partial charge in [0, 0.05) is 9.77 Å². The lowest BCUT2D eigenvalue weighted by atomic mass is 10.5. The molecule has 0 saturated carbocycles. The summed E-state index contributed by atoms with van der Waals surface area (Å²) in [6, 6.07) is 2.14. The van der Waals surface area contributed by atoms with Crippen LogP contribution in [0.15, 0.2) is 27.8 Å². The second-order valence-corrected chi connectivity index (χ2v) is 4.61. The SMILES string of the molecule is C=C(C)Sc1ccsc1C. The van der Waals surface area contributed by atoms with Crippen molar-refractivity contribution in [3.8, 4) is 0 Å². The van der Waals surface area contributed by atoms with Crippen molar-refractivity contribution in [2.45, 2.75) is 18.7 Å². The lowest BCUT2D eigenvalue weighted by molar-refractivity contribution is 1.42. The maximum absolute atomic E-state index is 3.84. The van der Waals surface area contributed by atoms with Crippen molar-refractivity contribution in [2.24, 2.45) is 0 Å². The smallest absolute Gasteiger partial charge is 0.0255 e. The summed E-state index contributed by atoms with van der Waals surface area (Å²) in [6.45, 7) is 8.00. The fourth-order valence-corrected chi connectivity index (χ4v) is 2.27. The molecule has 0 nitrogen and oxygen atoms in total. The molecule has 0 unspecified atom stereocenters. The van der Waals surface area contributed by atoms with E-state index in [4.69, 9.17) is 0 Å². The average Bonchev–Trinajstić information content (AvgIpc) is 2.15. The van der Waals surface area contributed by atoms with Crippen molar-refractivity contribution in [2.75, 3.05) is 0 Å². The minimum absolute atomic E-state index is 1.15. The van der Waals surface area contributed by atoms with Gasteiger partial charge >= 0.3 is 0 Å². The Labute approximate surface area is 70.0 Å². The third-order valence-electron chi connectivity index (χ3n) is 1.10. The fourth-order valence-electron chi connectivity index (χ4n) is 0.667. The van der Waals surface area contributed by atoms with E-state index in [1.165, 1.54) is 9.77 Å². The molecule has 0 bridgehead atoms. The van der Waals surface area contributed by atoms with Crippen LogP contribution in [0.3, 0.4) is 0 Å². The number of allylic oxidation sites excluding steroid dienone is 1. The molecule has 10 heavy (non-hydrogen) atoms. The van der Waals surface area contributed by atoms with Gasteiger partial charge in [0.25, 0.3) is 0 Å². The summed E-state index contributed by atoms with van der Waals surface area (Å²) >= 11 is 3.53. The molecule has 1 aromatic rings. The molecule has 0 aliphatic rings. The van der Waals surface area contributed by atoms with Gasteiger partial charge in [-0.3, -0.25) is 0 Å². The Morgan fingerprint density at radius 1 is 1.70 bits per heavy atom. The van der Waals surface area contributed by atoms with Gasteiger partial charge in [-0.2, -0.15) is 0 Å². The number of hydrogen-bond donors (Lipinski definition) is 0. The average molecular weight is 170 g/mol. The van der Waals surface area contributed by atoms with Gasteiger partial charge in [-0.15, -0.1) is 11.3 Å². The molecule has 0 spiro atoms. The van der Waals surface area contributed by atoms with Crippen LogP contribution < -0.4 is 0 Å². The molecule has 0 N–H and O–H groups in total. The Morgan fingerprint density at radius 3 is 2.80 bits per heavy atom. The van der Waals surface area contributed by atoms with Gasteiger partial charge in [-0.05, 0) is 30.2 Å². The van der Waals surface area contributed by atoms with Gasteiger partial charge in [-0.1, -0.05) is 18.3 Å². The van der Waals surface area contributed by atoms with Crippen molar-refractivity contribution in [3.05, 3.63) is 27.8 Å². The lowest BCUT2D eigenvalue weighted by Gasteiger charge is -1.95. The van der Waals surface area contributed by atoms with Gasteiger partial charge in [0.2, 0.25) is 0 Å². The van der Waals surface area contributed by atoms with Gasteiger partial charge in [0.1, 0.15) is 0 Å². The van der Waals surface area contributed by atoms with E-state index in [2.05, 4.69) is 24.9 Å². The predicted molar refractivity (Wildman–Crippen MR) is 49.7 cm³/mol. The second-order valence-electron chi connectivity index (χ2n) is 2.15. The zero-order chi connectivity index (χ0) is 7.56. The number of hydrogen-bond acceptors (Lipinski definition) is 2. The van der Waals surface area contributed by atoms with Crippen molar-refractivity contribution in [1.82, 2.24) is 0 Å². The van der Waals surface area contributed by atoms with Crippen LogP contribution in [-0.4, -0.2) is 0 Å². The van der Waals surface area contributed by atoms with Crippen molar-refractivity contribution in [1.29, 1.82) is 0 Å². The first-order valence-corrected chi connectivity index (χ1v) is 4.77. The topological polar surface area (TPSA) is 0 Å². The summed E-state index contributed by atoms with van der Waals surface area (Å²) in [4.78, 5) is 3.88. The molecule has 1 aromatic heterocycles. The molecule has 0 amide bonds. The van der Waals surface area contributed by atoms with Crippen LogP contribution in [-0.2, 0) is 0 Å². The van der Waals surface area contributed by atoms with Gasteiger partial charge in [-0.25, -0.2) is 0 Å². The largest absolute Gasteiger partial charge is 0.148 e. The fraction of sp³-hybridized carbons (Fsp3) is 0.250. The first-order chi connectivity index (χ1) is 4.70. The molecule has 1 rings (SSSR count). The quantitative estimate of drug-likeness (QED) is 0.610. The van der Waals surface area contributed by atoms with Crippen LogP contribution in [0.1, 0.15) is 11.8 Å². The maximum Gasteiger partial charge on any atom is 0.0255 e. The highest BCUT2D eigenvalue weighted by Crippen LogP contribution is 2.30. The van der Waals surface area contributed by atoms with Crippen LogP contribution in [0.4, 0.5) is 0 Å². The molecule has 54 valence electrons. The molecule has 0 atom stereocenters. The predicted octanol–water partition coefficient (Wildman–Crippen LogP) is 3.68. The molecular formula is C8H10S2. The third kappa shape index (κ3) is 1.89. The zero-order valence-electron chi connectivity index (χ0n) is 6.18. The minimum Gasteiger partial charge on any atom is -0.148 e. The number of thiophene rings is 1. The standard InChI is InChI=1S/C8H10S2/c1-6(2)10-8-4-5-9-7(8)3/h4-5H,1H2,2-3H3. The van der Waals surface area contributed by atoms with E-state index < -0.39 is 0 Å². The summed E-state index contributed by atoms with van der Waals surface area (Å²) in [5, 5.41) is 2.11. The first kappa shape index (κ1) is 7.89. The maximum atomic E-state index is 3.84. The summed E-state index contributed by atoms with van der Waals surface area (Å²) in [7, 11) is 0. The van der Waals surface area contributed by atoms with E-state index in [1.807, 2.05) is 6.92 Å². The Hall–Kier alpha value is -0.210. The Bertz CT molecular complexity index is 235. The van der Waals surface area contributed by atoms with Crippen LogP contribution in [0, 0.1) is 6.92 Å². The Kier molecular flexibility index (Phi) is 2.57. The van der Waals surface area contributed by atoms with Crippen LogP contribution in [0.5, 0.6) is 0 Å². The number of aryl methyl sites for hydroxylation is 1. The molecule has 0 fully saturated rings. The van der Waals surface area contributed by atoms with Crippen molar-refractivity contribution in [3.63, 3.8) is 0 Å². The highest BCUT2D eigenvalue weighted by Gasteiger charge is 1.98. The molecule has 1 heterocycles. The zero-order valence-corrected chi connectivity index (χ0v) is 7.81. The van der Waals surface area contributed by atoms with E-state index >= 15 is 0 Å². The normalized spacial score (nSPS) is 9.80. The Balaban J connectivity index is 2.74. The number of thioether (sulfide) groups is 1. The summed E-state index contributed by atoms with van der Waals surface area (Å²) in [5.74, 6) is 0. The van der Waals surface area contributed by atoms with Gasteiger partial charge in [0.05, 0.1) is 0 Å². The van der Waals surface area contributed by atoms with E-state index in [0.29, 0.717) is 0 Å². The molecule has 0 saturated heterocycles. The van der Waals surface area contributed by atoms with Crippen molar-refractivity contribution >= 4 is 23.1 Å². The Morgan fingerprint density at radius 2 is 2.40 bits per heavy atom. The molecule has 0 radical (unpaired) electrons. The highest BCUT2D eigenvalue weighted by atomic mass is 32.2. The molecular weight excluding hydrogens is 160 g/mol. The van der Waals surface area contributed by atoms with E-state index in [0.717, 1.165) is 4.91 Å². The molecule has 0 aliphatic heterocycles. The first-order valence-electron chi connectivity index (χ1n) is 3.07. The van der Waals surface area contributed by atoms with E-state index in [-0.39, 0.29) is 0 Å². The third-order valence-corrected chi connectivity index (χ3v) is 3.08. The number of rotatable bonds is 2. The summed E-state index contributed by atoms with van der Waals surface area (Å²) < 4.78 is 0. The monoisotopic (exact) mass is 170 g/mol. The van der Waals surface area contributed by atoms with Crippen molar-refractivity contribution < 1.29 is 0 Å². The van der Waals surface area contributed by atoms with E-state index in [9.17, 15) is 0 Å². The molecule has 2 heteroatoms. The summed E-state index contributed by atoms with van der Waals surface area (Å²) in [5.41, 5.74) is 0. The van der Waals surface area contributed by atoms with Gasteiger partial charge in [0.15, 0.2) is 0 Å². The highest BCUT2D eigenvalue weighted by molar-refractivity contribution is 8.03. The second kappa shape index (κ2) is 3.26. The summed E-state index contributed by atoms with van der Waals surface area (Å²) in [6.07, 6.45) is 0. The van der Waals surface area contributed by atoms with Crippen LogP contribution in [0.25, 0.3) is 0 Å². The minimum atomic E-state index is 1.15. The van der Waals surface area contributed by atoms with E-state index in [1.54, 1.807) is 23.1 Å².